The van der Waals surface area contributed by atoms with Gasteiger partial charge >= 0.3 is 0 Å². The number of hydrogen-bond donors (Lipinski definition) is 1. The second-order valence-electron chi connectivity index (χ2n) is 5.49. The van der Waals surface area contributed by atoms with Gasteiger partial charge in [-0.3, -0.25) is 4.79 Å². The van der Waals surface area contributed by atoms with Crippen molar-refractivity contribution in [1.29, 1.82) is 0 Å². The quantitative estimate of drug-likeness (QED) is 0.600. The van der Waals surface area contributed by atoms with Gasteiger partial charge in [-0.25, -0.2) is 0 Å². The van der Waals surface area contributed by atoms with E-state index in [1.54, 1.807) is 48.5 Å². The molecular formula is C21H18ClNO3. The van der Waals surface area contributed by atoms with Gasteiger partial charge in [0.15, 0.2) is 0 Å². The van der Waals surface area contributed by atoms with Crippen LogP contribution in [0.15, 0.2) is 72.8 Å². The highest BCUT2D eigenvalue weighted by molar-refractivity contribution is 6.30. The molecule has 1 amide bonds. The predicted octanol–water partition coefficient (Wildman–Crippen LogP) is 5.78. The van der Waals surface area contributed by atoms with E-state index < -0.39 is 0 Å². The van der Waals surface area contributed by atoms with Crippen LogP contribution >= 0.6 is 11.6 Å². The number of rotatable bonds is 6. The van der Waals surface area contributed by atoms with Crippen LogP contribution in [0, 0.1) is 0 Å². The molecule has 0 aliphatic carbocycles. The van der Waals surface area contributed by atoms with E-state index in [4.69, 9.17) is 21.1 Å². The van der Waals surface area contributed by atoms with Crippen molar-refractivity contribution in [2.75, 3.05) is 11.9 Å². The Morgan fingerprint density at radius 1 is 0.846 bits per heavy atom. The summed E-state index contributed by atoms with van der Waals surface area (Å²) in [6.07, 6.45) is 0. The second kappa shape index (κ2) is 8.41. The molecule has 3 rings (SSSR count). The van der Waals surface area contributed by atoms with Crippen molar-refractivity contribution in [3.63, 3.8) is 0 Å². The van der Waals surface area contributed by atoms with Crippen molar-refractivity contribution < 1.29 is 14.3 Å². The van der Waals surface area contributed by atoms with Crippen molar-refractivity contribution in [2.45, 2.75) is 6.92 Å². The first-order valence-corrected chi connectivity index (χ1v) is 8.59. The molecule has 3 aromatic rings. The van der Waals surface area contributed by atoms with Crippen molar-refractivity contribution in [3.8, 4) is 17.2 Å². The van der Waals surface area contributed by atoms with Crippen LogP contribution in [-0.2, 0) is 0 Å². The first-order valence-electron chi connectivity index (χ1n) is 8.22. The van der Waals surface area contributed by atoms with Crippen LogP contribution < -0.4 is 14.8 Å². The summed E-state index contributed by atoms with van der Waals surface area (Å²) < 4.78 is 11.2. The molecule has 0 aliphatic rings. The van der Waals surface area contributed by atoms with Gasteiger partial charge in [-0.05, 0) is 79.7 Å². The van der Waals surface area contributed by atoms with Crippen molar-refractivity contribution >= 4 is 23.2 Å². The Balaban J connectivity index is 1.61. The van der Waals surface area contributed by atoms with E-state index >= 15 is 0 Å². The molecule has 132 valence electrons. The average molecular weight is 368 g/mol. The Morgan fingerprint density at radius 3 is 1.96 bits per heavy atom. The molecule has 0 spiro atoms. The fourth-order valence-corrected chi connectivity index (χ4v) is 2.44. The molecule has 0 aromatic heterocycles. The second-order valence-corrected chi connectivity index (χ2v) is 5.93. The lowest BCUT2D eigenvalue weighted by Gasteiger charge is -2.09. The van der Waals surface area contributed by atoms with Crippen LogP contribution in [0.1, 0.15) is 17.3 Å². The van der Waals surface area contributed by atoms with Gasteiger partial charge in [-0.2, -0.15) is 0 Å². The number of hydrogen-bond acceptors (Lipinski definition) is 3. The number of nitrogens with one attached hydrogen (secondary N) is 1. The first-order chi connectivity index (χ1) is 12.6. The third kappa shape index (κ3) is 4.77. The van der Waals surface area contributed by atoms with Gasteiger partial charge in [0.2, 0.25) is 0 Å². The zero-order valence-corrected chi connectivity index (χ0v) is 15.0. The summed E-state index contributed by atoms with van der Waals surface area (Å²) in [4.78, 5) is 12.2. The van der Waals surface area contributed by atoms with Crippen LogP contribution in [0.25, 0.3) is 0 Å². The molecule has 3 aromatic carbocycles. The van der Waals surface area contributed by atoms with Gasteiger partial charge in [-0.1, -0.05) is 11.6 Å². The fourth-order valence-electron chi connectivity index (χ4n) is 2.32. The molecule has 0 saturated carbocycles. The van der Waals surface area contributed by atoms with Crippen LogP contribution in [-0.4, -0.2) is 12.5 Å². The number of anilines is 1. The SMILES string of the molecule is CCOc1ccc(Oc2ccc(NC(=O)c3ccc(Cl)cc3)cc2)cc1. The largest absolute Gasteiger partial charge is 0.494 e. The molecule has 0 fully saturated rings. The normalized spacial score (nSPS) is 10.2. The third-order valence-electron chi connectivity index (χ3n) is 3.59. The first kappa shape index (κ1) is 17.8. The highest BCUT2D eigenvalue weighted by Crippen LogP contribution is 2.25. The molecule has 26 heavy (non-hydrogen) atoms. The number of halogens is 1. The number of benzene rings is 3. The predicted molar refractivity (Wildman–Crippen MR) is 104 cm³/mol. The Bertz CT molecular complexity index is 859. The van der Waals surface area contributed by atoms with Gasteiger partial charge in [0.1, 0.15) is 17.2 Å². The van der Waals surface area contributed by atoms with Crippen molar-refractivity contribution in [3.05, 3.63) is 83.4 Å². The van der Waals surface area contributed by atoms with Crippen LogP contribution in [0.3, 0.4) is 0 Å². The van der Waals surface area contributed by atoms with Gasteiger partial charge < -0.3 is 14.8 Å². The van der Waals surface area contributed by atoms with Crippen LogP contribution in [0.4, 0.5) is 5.69 Å². The maximum Gasteiger partial charge on any atom is 0.255 e. The molecule has 0 aliphatic heterocycles. The van der Waals surface area contributed by atoms with E-state index in [0.717, 1.165) is 5.75 Å². The molecule has 0 saturated heterocycles. The minimum absolute atomic E-state index is 0.193. The monoisotopic (exact) mass is 367 g/mol. The maximum absolute atomic E-state index is 12.2. The van der Waals surface area contributed by atoms with Crippen LogP contribution in [0.5, 0.6) is 17.2 Å². The van der Waals surface area contributed by atoms with Gasteiger partial charge in [-0.15, -0.1) is 0 Å². The third-order valence-corrected chi connectivity index (χ3v) is 3.84. The number of ether oxygens (including phenoxy) is 2. The highest BCUT2D eigenvalue weighted by atomic mass is 35.5. The van der Waals surface area contributed by atoms with E-state index in [1.807, 2.05) is 31.2 Å². The summed E-state index contributed by atoms with van der Waals surface area (Å²) in [6.45, 7) is 2.57. The highest BCUT2D eigenvalue weighted by Gasteiger charge is 2.06. The Morgan fingerprint density at radius 2 is 1.38 bits per heavy atom. The molecule has 1 N–H and O–H groups in total. The lowest BCUT2D eigenvalue weighted by molar-refractivity contribution is 0.102. The fraction of sp³-hybridized carbons (Fsp3) is 0.0952. The molecule has 0 heterocycles. The van der Waals surface area contributed by atoms with Crippen molar-refractivity contribution in [1.82, 2.24) is 0 Å². The van der Waals surface area contributed by atoms with E-state index in [2.05, 4.69) is 5.32 Å². The smallest absolute Gasteiger partial charge is 0.255 e. The zero-order chi connectivity index (χ0) is 18.4. The average Bonchev–Trinajstić information content (AvgIpc) is 2.66. The Labute approximate surface area is 157 Å². The van der Waals surface area contributed by atoms with E-state index in [1.165, 1.54) is 0 Å². The van der Waals surface area contributed by atoms with E-state index in [9.17, 15) is 4.79 Å². The number of carbonyl (C=O) groups is 1. The summed E-state index contributed by atoms with van der Waals surface area (Å²) in [7, 11) is 0. The molecule has 0 radical (unpaired) electrons. The van der Waals surface area contributed by atoms with Gasteiger partial charge in [0.25, 0.3) is 5.91 Å². The lowest BCUT2D eigenvalue weighted by atomic mass is 10.2. The zero-order valence-electron chi connectivity index (χ0n) is 14.2. The topological polar surface area (TPSA) is 47.6 Å². The summed E-state index contributed by atoms with van der Waals surface area (Å²) >= 11 is 5.83. The summed E-state index contributed by atoms with van der Waals surface area (Å²) in [5.74, 6) is 2.01. The minimum Gasteiger partial charge on any atom is -0.494 e. The number of carbonyl (C=O) groups excluding carboxylic acids is 1. The molecule has 0 atom stereocenters. The Kier molecular flexibility index (Phi) is 5.77. The summed E-state index contributed by atoms with van der Waals surface area (Å²) in [5, 5.41) is 3.43. The van der Waals surface area contributed by atoms with Crippen molar-refractivity contribution in [2.24, 2.45) is 0 Å². The van der Waals surface area contributed by atoms with E-state index in [-0.39, 0.29) is 5.91 Å². The summed E-state index contributed by atoms with van der Waals surface area (Å²) in [6, 6.07) is 21.3. The standard InChI is InChI=1S/C21H18ClNO3/c1-2-25-18-11-13-20(14-12-18)26-19-9-7-17(8-10-19)23-21(24)15-3-5-16(22)6-4-15/h3-14H,2H2,1H3,(H,23,24). The lowest BCUT2D eigenvalue weighted by Crippen LogP contribution is -2.11. The van der Waals surface area contributed by atoms with Gasteiger partial charge in [0, 0.05) is 16.3 Å². The molecule has 0 unspecified atom stereocenters. The molecular weight excluding hydrogens is 350 g/mol. The van der Waals surface area contributed by atoms with Gasteiger partial charge in [0.05, 0.1) is 6.61 Å². The maximum atomic E-state index is 12.2. The molecule has 4 nitrogen and oxygen atoms in total. The number of amides is 1. The summed E-state index contributed by atoms with van der Waals surface area (Å²) in [5.41, 5.74) is 1.23. The van der Waals surface area contributed by atoms with Crippen LogP contribution in [0.2, 0.25) is 5.02 Å². The van der Waals surface area contributed by atoms with E-state index in [0.29, 0.717) is 34.4 Å². The Hall–Kier alpha value is -2.98. The molecule has 0 bridgehead atoms. The minimum atomic E-state index is -0.193. The molecule has 5 heteroatoms.